The molecular formula is C25H25N3O7S. The third kappa shape index (κ3) is 5.47. The van der Waals surface area contributed by atoms with Gasteiger partial charge in [0.1, 0.15) is 10.4 Å². The molecule has 188 valence electrons. The van der Waals surface area contributed by atoms with Crippen molar-refractivity contribution in [3.8, 4) is 5.75 Å². The van der Waals surface area contributed by atoms with Crippen LogP contribution in [0.4, 0.5) is 11.4 Å². The van der Waals surface area contributed by atoms with Gasteiger partial charge in [0, 0.05) is 43.0 Å². The Labute approximate surface area is 210 Å². The molecule has 36 heavy (non-hydrogen) atoms. The van der Waals surface area contributed by atoms with Crippen LogP contribution in [0, 0.1) is 10.1 Å². The number of aromatic nitrogens is 1. The summed E-state index contributed by atoms with van der Waals surface area (Å²) in [6.45, 7) is 2.01. The fourth-order valence-corrected chi connectivity index (χ4v) is 4.80. The molecule has 0 amide bonds. The number of fused-ring (bicyclic) bond motifs is 1. The molecule has 0 saturated carbocycles. The lowest BCUT2D eigenvalue weighted by molar-refractivity contribution is -0.385. The van der Waals surface area contributed by atoms with Crippen molar-refractivity contribution in [1.82, 2.24) is 4.57 Å². The third-order valence-corrected chi connectivity index (χ3v) is 6.54. The smallest absolute Gasteiger partial charge is 0.333 e. The number of anilines is 1. The van der Waals surface area contributed by atoms with Gasteiger partial charge in [-0.2, -0.15) is 0 Å². The quantitative estimate of drug-likeness (QED) is 0.269. The van der Waals surface area contributed by atoms with Crippen molar-refractivity contribution in [1.29, 1.82) is 0 Å². The van der Waals surface area contributed by atoms with E-state index in [1.54, 1.807) is 13.0 Å². The van der Waals surface area contributed by atoms with E-state index in [0.29, 0.717) is 26.1 Å². The van der Waals surface area contributed by atoms with Gasteiger partial charge in [0.25, 0.3) is 11.2 Å². The number of nitrogens with zero attached hydrogens (tertiary/aromatic N) is 3. The number of hydrogen-bond donors (Lipinski definition) is 0. The van der Waals surface area contributed by atoms with E-state index in [4.69, 9.17) is 14.2 Å². The van der Waals surface area contributed by atoms with E-state index in [1.165, 1.54) is 22.8 Å². The minimum Gasteiger partial charge on any atom is -0.467 e. The summed E-state index contributed by atoms with van der Waals surface area (Å²) in [5.41, 5.74) is 2.35. The molecule has 0 radical (unpaired) electrons. The van der Waals surface area contributed by atoms with Crippen LogP contribution in [-0.2, 0) is 27.4 Å². The topological polar surface area (TPSA) is 113 Å². The monoisotopic (exact) mass is 511 g/mol. The summed E-state index contributed by atoms with van der Waals surface area (Å²) < 4.78 is 18.1. The predicted octanol–water partition coefficient (Wildman–Crippen LogP) is 1.97. The molecule has 0 atom stereocenters. The van der Waals surface area contributed by atoms with Gasteiger partial charge in [0.05, 0.1) is 35.3 Å². The molecule has 2 heterocycles. The molecule has 1 aliphatic heterocycles. The molecule has 0 fully saturated rings. The molecule has 11 heteroatoms. The van der Waals surface area contributed by atoms with Crippen molar-refractivity contribution >= 4 is 40.8 Å². The maximum atomic E-state index is 13.5. The van der Waals surface area contributed by atoms with Gasteiger partial charge in [-0.25, -0.2) is 4.79 Å². The Balaban J connectivity index is 1.85. The van der Waals surface area contributed by atoms with Crippen molar-refractivity contribution in [2.24, 2.45) is 0 Å². The number of hydrogen-bond acceptors (Lipinski definition) is 9. The number of rotatable bonds is 7. The Hall–Kier alpha value is -3.96. The highest BCUT2D eigenvalue weighted by Crippen LogP contribution is 2.32. The van der Waals surface area contributed by atoms with Crippen molar-refractivity contribution in [3.05, 3.63) is 82.8 Å². The van der Waals surface area contributed by atoms with E-state index in [-0.39, 0.29) is 37.8 Å². The highest BCUT2D eigenvalue weighted by atomic mass is 32.1. The number of non-ortho nitro benzene ring substituents is 1. The first-order valence-corrected chi connectivity index (χ1v) is 12.0. The van der Waals surface area contributed by atoms with E-state index >= 15 is 0 Å². The summed E-state index contributed by atoms with van der Waals surface area (Å²) in [4.78, 5) is 38.7. The normalized spacial score (nSPS) is 13.8. The first-order valence-electron chi connectivity index (χ1n) is 11.1. The van der Waals surface area contributed by atoms with E-state index in [9.17, 15) is 19.7 Å². The Morgan fingerprint density at radius 1 is 1.28 bits per heavy atom. The van der Waals surface area contributed by atoms with Crippen LogP contribution >= 0.6 is 11.3 Å². The number of nitro benzene ring substituents is 1. The van der Waals surface area contributed by atoms with Crippen molar-refractivity contribution < 1.29 is 23.9 Å². The highest BCUT2D eigenvalue weighted by Gasteiger charge is 2.22. The molecule has 0 saturated heterocycles. The number of benzene rings is 2. The van der Waals surface area contributed by atoms with Gasteiger partial charge in [-0.05, 0) is 30.7 Å². The fourth-order valence-electron chi connectivity index (χ4n) is 3.77. The number of nitro groups is 1. The molecule has 2 aromatic carbocycles. The molecule has 1 aliphatic rings. The molecule has 0 spiro atoms. The van der Waals surface area contributed by atoms with Crippen molar-refractivity contribution in [2.45, 2.75) is 20.1 Å². The average molecular weight is 512 g/mol. The van der Waals surface area contributed by atoms with Crippen molar-refractivity contribution in [3.63, 3.8) is 0 Å². The van der Waals surface area contributed by atoms with Gasteiger partial charge < -0.3 is 19.1 Å². The first-order chi connectivity index (χ1) is 17.3. The molecular weight excluding hydrogens is 486 g/mol. The summed E-state index contributed by atoms with van der Waals surface area (Å²) in [7, 11) is 3.88. The molecule has 0 N–H and O–H groups in total. The van der Waals surface area contributed by atoms with Crippen molar-refractivity contribution in [2.75, 3.05) is 32.4 Å². The summed E-state index contributed by atoms with van der Waals surface area (Å²) in [5.74, 6) is -0.142. The lowest BCUT2D eigenvalue weighted by Crippen LogP contribution is -2.32. The molecule has 0 unspecified atom stereocenters. The van der Waals surface area contributed by atoms with Crippen LogP contribution in [0.1, 0.15) is 23.6 Å². The number of carbonyl (C=O) groups is 1. The molecule has 0 aliphatic carbocycles. The Bertz CT molecular complexity index is 1470. The van der Waals surface area contributed by atoms with Gasteiger partial charge in [-0.1, -0.05) is 12.1 Å². The van der Waals surface area contributed by atoms with Gasteiger partial charge in [-0.15, -0.1) is 11.3 Å². The standard InChI is InChI=1S/C25H25N3O7S/c1-4-34-23(29)12-22-27(13-17-10-20(28(31)32)11-18-14-33-15-35-24(17)18)25(30)21(36-22)9-16-5-7-19(8-6-16)26(2)3/h5-12H,4,13-15H2,1-3H3. The van der Waals surface area contributed by atoms with Crippen LogP contribution in [0.5, 0.6) is 5.75 Å². The molecule has 10 nitrogen and oxygen atoms in total. The van der Waals surface area contributed by atoms with E-state index in [1.807, 2.05) is 43.3 Å². The Kier molecular flexibility index (Phi) is 7.51. The average Bonchev–Trinajstić information content (AvgIpc) is 3.13. The molecule has 1 aromatic heterocycles. The number of ether oxygens (including phenoxy) is 3. The van der Waals surface area contributed by atoms with Gasteiger partial charge in [0.15, 0.2) is 6.79 Å². The second-order valence-corrected chi connectivity index (χ2v) is 9.25. The van der Waals surface area contributed by atoms with Gasteiger partial charge in [0.2, 0.25) is 0 Å². The molecule has 3 aromatic rings. The zero-order chi connectivity index (χ0) is 25.8. The fraction of sp³-hybridized carbons (Fsp3) is 0.280. The highest BCUT2D eigenvalue weighted by molar-refractivity contribution is 7.07. The Morgan fingerprint density at radius 3 is 2.69 bits per heavy atom. The van der Waals surface area contributed by atoms with Crippen LogP contribution in [-0.4, -0.2) is 43.0 Å². The maximum Gasteiger partial charge on any atom is 0.333 e. The van der Waals surface area contributed by atoms with Crippen LogP contribution < -0.4 is 24.4 Å². The summed E-state index contributed by atoms with van der Waals surface area (Å²) in [6.07, 6.45) is 3.01. The largest absolute Gasteiger partial charge is 0.467 e. The Morgan fingerprint density at radius 2 is 2.03 bits per heavy atom. The van der Waals surface area contributed by atoms with E-state index in [0.717, 1.165) is 22.6 Å². The SMILES string of the molecule is CCOC(=O)C=c1sc(=Cc2ccc(N(C)C)cc2)c(=O)n1Cc1cc([N+](=O)[O-])cc2c1OCOC2. The number of thiazole rings is 1. The minimum atomic E-state index is -0.583. The second kappa shape index (κ2) is 10.8. The number of esters is 1. The first kappa shape index (κ1) is 25.1. The summed E-state index contributed by atoms with van der Waals surface area (Å²) >= 11 is 1.14. The molecule has 0 bridgehead atoms. The van der Waals surface area contributed by atoms with E-state index in [2.05, 4.69) is 0 Å². The van der Waals surface area contributed by atoms with Crippen LogP contribution in [0.25, 0.3) is 12.2 Å². The third-order valence-electron chi connectivity index (χ3n) is 5.48. The van der Waals surface area contributed by atoms with Crippen LogP contribution in [0.2, 0.25) is 0 Å². The lowest BCUT2D eigenvalue weighted by atomic mass is 10.1. The van der Waals surface area contributed by atoms with Gasteiger partial charge in [-0.3, -0.25) is 19.5 Å². The van der Waals surface area contributed by atoms with Crippen LogP contribution in [0.15, 0.2) is 41.2 Å². The zero-order valence-electron chi connectivity index (χ0n) is 20.1. The lowest BCUT2D eigenvalue weighted by Gasteiger charge is -2.20. The summed E-state index contributed by atoms with van der Waals surface area (Å²) in [6, 6.07) is 10.5. The van der Waals surface area contributed by atoms with Gasteiger partial charge >= 0.3 is 5.97 Å². The minimum absolute atomic E-state index is 0.000125. The zero-order valence-corrected chi connectivity index (χ0v) is 20.9. The van der Waals surface area contributed by atoms with E-state index < -0.39 is 10.9 Å². The maximum absolute atomic E-state index is 13.5. The predicted molar refractivity (Wildman–Crippen MR) is 136 cm³/mol. The van der Waals surface area contributed by atoms with Crippen LogP contribution in [0.3, 0.4) is 0 Å². The number of carbonyl (C=O) groups excluding carboxylic acids is 1. The summed E-state index contributed by atoms with van der Waals surface area (Å²) in [5, 5.41) is 11.5. The molecule has 4 rings (SSSR count). The second-order valence-electron chi connectivity index (χ2n) is 8.18.